The Bertz CT molecular complexity index is 750. The molecule has 1 amide bonds. The fraction of sp³-hybridized carbons (Fsp3) is 0.353. The summed E-state index contributed by atoms with van der Waals surface area (Å²) in [6.07, 6.45) is 6.19. The highest BCUT2D eigenvalue weighted by molar-refractivity contribution is 5.94. The monoisotopic (exact) mass is 313 g/mol. The van der Waals surface area contributed by atoms with Crippen molar-refractivity contribution in [2.45, 2.75) is 25.4 Å². The van der Waals surface area contributed by atoms with E-state index in [1.165, 1.54) is 19.3 Å². The fourth-order valence-electron chi connectivity index (χ4n) is 3.00. The van der Waals surface area contributed by atoms with E-state index in [4.69, 9.17) is 0 Å². The second-order valence-electron chi connectivity index (χ2n) is 5.57. The van der Waals surface area contributed by atoms with Crippen LogP contribution in [-0.2, 0) is 20.9 Å². The van der Waals surface area contributed by atoms with Gasteiger partial charge in [0.15, 0.2) is 0 Å². The normalized spacial score (nSPS) is 18.0. The third kappa shape index (κ3) is 3.26. The number of hydrogen-bond acceptors (Lipinski definition) is 4. The van der Waals surface area contributed by atoms with E-state index in [2.05, 4.69) is 14.3 Å². The first-order chi connectivity index (χ1) is 11.2. The molecule has 1 aromatic heterocycles. The summed E-state index contributed by atoms with van der Waals surface area (Å²) in [7, 11) is 1.29. The summed E-state index contributed by atoms with van der Waals surface area (Å²) in [6, 6.07) is 8.06. The van der Waals surface area contributed by atoms with Crippen LogP contribution >= 0.6 is 0 Å². The Morgan fingerprint density at radius 2 is 2.17 bits per heavy atom. The summed E-state index contributed by atoms with van der Waals surface area (Å²) >= 11 is 0. The van der Waals surface area contributed by atoms with Crippen molar-refractivity contribution in [1.29, 1.82) is 0 Å². The zero-order valence-electron chi connectivity index (χ0n) is 13.0. The van der Waals surface area contributed by atoms with Gasteiger partial charge in [-0.1, -0.05) is 12.1 Å². The number of methoxy groups -OCH3 is 1. The molecule has 0 spiro atoms. The predicted molar refractivity (Wildman–Crippen MR) is 85.6 cm³/mol. The number of likely N-dealkylation sites (tertiary alicyclic amines) is 1. The minimum atomic E-state index is -0.519. The second-order valence-corrected chi connectivity index (χ2v) is 5.57. The van der Waals surface area contributed by atoms with E-state index < -0.39 is 5.97 Å². The number of para-hydroxylation sites is 2. The largest absolute Gasteiger partial charge is 0.466 e. The zero-order valence-corrected chi connectivity index (χ0v) is 13.0. The van der Waals surface area contributed by atoms with Crippen LogP contribution in [0.1, 0.15) is 12.8 Å². The maximum absolute atomic E-state index is 12.3. The van der Waals surface area contributed by atoms with Crippen molar-refractivity contribution >= 4 is 22.9 Å². The van der Waals surface area contributed by atoms with Crippen molar-refractivity contribution in [3.8, 4) is 0 Å². The highest BCUT2D eigenvalue weighted by Gasteiger charge is 2.28. The second kappa shape index (κ2) is 6.64. The first-order valence-corrected chi connectivity index (χ1v) is 7.65. The van der Waals surface area contributed by atoms with Gasteiger partial charge in [0.05, 0.1) is 24.5 Å². The maximum atomic E-state index is 12.3. The predicted octanol–water partition coefficient (Wildman–Crippen LogP) is 1.76. The van der Waals surface area contributed by atoms with Gasteiger partial charge in [-0.2, -0.15) is 0 Å². The molecule has 1 unspecified atom stereocenters. The van der Waals surface area contributed by atoms with Crippen LogP contribution in [0.5, 0.6) is 0 Å². The number of rotatable bonds is 4. The van der Waals surface area contributed by atoms with Crippen LogP contribution in [0.25, 0.3) is 11.0 Å². The number of benzene rings is 1. The molecule has 1 aliphatic heterocycles. The number of carbonyl (C=O) groups is 2. The van der Waals surface area contributed by atoms with Crippen molar-refractivity contribution in [2.75, 3.05) is 13.7 Å². The molecule has 120 valence electrons. The number of fused-ring (bicyclic) bond motifs is 1. The average molecular weight is 313 g/mol. The number of esters is 1. The highest BCUT2D eigenvalue weighted by atomic mass is 16.5. The third-order valence-corrected chi connectivity index (χ3v) is 4.16. The molecule has 0 saturated carbocycles. The average Bonchev–Trinajstić information content (AvgIpc) is 3.20. The van der Waals surface area contributed by atoms with Gasteiger partial charge in [-0.15, -0.1) is 0 Å². The van der Waals surface area contributed by atoms with Gasteiger partial charge in [-0.05, 0) is 25.0 Å². The molecule has 6 heteroatoms. The Hall–Kier alpha value is -2.63. The number of imidazole rings is 1. The highest BCUT2D eigenvalue weighted by Crippen LogP contribution is 2.21. The van der Waals surface area contributed by atoms with Crippen LogP contribution in [-0.4, -0.2) is 46.0 Å². The van der Waals surface area contributed by atoms with E-state index in [1.54, 1.807) is 0 Å². The van der Waals surface area contributed by atoms with Crippen LogP contribution in [0.3, 0.4) is 0 Å². The lowest BCUT2D eigenvalue weighted by Gasteiger charge is -2.24. The first-order valence-electron chi connectivity index (χ1n) is 7.65. The lowest BCUT2D eigenvalue weighted by atomic mass is 10.2. The zero-order chi connectivity index (χ0) is 16.2. The quantitative estimate of drug-likeness (QED) is 0.637. The molecule has 1 fully saturated rings. The molecular formula is C17H19N3O3. The van der Waals surface area contributed by atoms with Gasteiger partial charge in [0.2, 0.25) is 5.91 Å². The molecule has 2 aromatic rings. The van der Waals surface area contributed by atoms with E-state index in [0.29, 0.717) is 13.1 Å². The summed E-state index contributed by atoms with van der Waals surface area (Å²) in [4.78, 5) is 29.6. The third-order valence-electron chi connectivity index (χ3n) is 4.16. The lowest BCUT2D eigenvalue weighted by molar-refractivity contribution is -0.135. The Morgan fingerprint density at radius 1 is 1.35 bits per heavy atom. The molecular weight excluding hydrogens is 294 g/mol. The Kier molecular flexibility index (Phi) is 4.41. The summed E-state index contributed by atoms with van der Waals surface area (Å²) < 4.78 is 6.59. The molecule has 0 aliphatic carbocycles. The lowest BCUT2D eigenvalue weighted by Crippen LogP contribution is -2.37. The summed E-state index contributed by atoms with van der Waals surface area (Å²) in [5.74, 6) is -0.669. The number of carbonyl (C=O) groups excluding carboxylic acids is 2. The molecule has 23 heavy (non-hydrogen) atoms. The molecule has 1 atom stereocenters. The van der Waals surface area contributed by atoms with Gasteiger partial charge in [0.25, 0.3) is 0 Å². The Morgan fingerprint density at radius 3 is 3.00 bits per heavy atom. The standard InChI is InChI=1S/C17H19N3O3/c1-23-17(22)9-8-16(21)20-10-4-5-13(20)11-19-12-18-14-6-2-3-7-15(14)19/h2-3,6-9,12-13H,4-5,10-11H2,1H3/b9-8+. The molecule has 1 saturated heterocycles. The molecule has 0 N–H and O–H groups in total. The SMILES string of the molecule is COC(=O)/C=C/C(=O)N1CCCC1Cn1cnc2ccccc21. The Labute approximate surface area is 134 Å². The van der Waals surface area contributed by atoms with E-state index in [0.717, 1.165) is 23.9 Å². The minimum Gasteiger partial charge on any atom is -0.466 e. The van der Waals surface area contributed by atoms with Crippen LogP contribution in [0.4, 0.5) is 0 Å². The molecule has 0 bridgehead atoms. The van der Waals surface area contributed by atoms with Crippen molar-refractivity contribution in [3.63, 3.8) is 0 Å². The van der Waals surface area contributed by atoms with Crippen LogP contribution < -0.4 is 0 Å². The molecule has 3 rings (SSSR count). The van der Waals surface area contributed by atoms with Crippen LogP contribution in [0.2, 0.25) is 0 Å². The molecule has 0 radical (unpaired) electrons. The summed E-state index contributed by atoms with van der Waals surface area (Å²) in [5.41, 5.74) is 2.02. The van der Waals surface area contributed by atoms with Crippen LogP contribution in [0, 0.1) is 0 Å². The number of ether oxygens (including phenoxy) is 1. The van der Waals surface area contributed by atoms with Crippen molar-refractivity contribution in [2.24, 2.45) is 0 Å². The van der Waals surface area contributed by atoms with Gasteiger partial charge in [-0.25, -0.2) is 9.78 Å². The van der Waals surface area contributed by atoms with E-state index in [1.807, 2.05) is 35.5 Å². The smallest absolute Gasteiger partial charge is 0.330 e. The fourth-order valence-corrected chi connectivity index (χ4v) is 3.00. The number of nitrogens with zero attached hydrogens (tertiary/aromatic N) is 3. The van der Waals surface area contributed by atoms with Crippen molar-refractivity contribution < 1.29 is 14.3 Å². The Balaban J connectivity index is 1.73. The maximum Gasteiger partial charge on any atom is 0.330 e. The summed E-state index contributed by atoms with van der Waals surface area (Å²) in [6.45, 7) is 1.42. The van der Waals surface area contributed by atoms with Gasteiger partial charge < -0.3 is 14.2 Å². The molecule has 6 nitrogen and oxygen atoms in total. The van der Waals surface area contributed by atoms with Crippen molar-refractivity contribution in [1.82, 2.24) is 14.5 Å². The van der Waals surface area contributed by atoms with Crippen LogP contribution in [0.15, 0.2) is 42.7 Å². The van der Waals surface area contributed by atoms with Gasteiger partial charge in [-0.3, -0.25) is 4.79 Å². The number of amides is 1. The minimum absolute atomic E-state index is 0.113. The molecule has 1 aromatic carbocycles. The molecule has 2 heterocycles. The van der Waals surface area contributed by atoms with E-state index >= 15 is 0 Å². The van der Waals surface area contributed by atoms with Gasteiger partial charge in [0.1, 0.15) is 0 Å². The van der Waals surface area contributed by atoms with E-state index in [9.17, 15) is 9.59 Å². The number of aromatic nitrogens is 2. The number of hydrogen-bond donors (Lipinski definition) is 0. The first kappa shape index (κ1) is 15.3. The van der Waals surface area contributed by atoms with E-state index in [-0.39, 0.29) is 11.9 Å². The van der Waals surface area contributed by atoms with Gasteiger partial charge in [0, 0.05) is 31.3 Å². The summed E-state index contributed by atoms with van der Waals surface area (Å²) in [5, 5.41) is 0. The van der Waals surface area contributed by atoms with Crippen molar-refractivity contribution in [3.05, 3.63) is 42.7 Å². The topological polar surface area (TPSA) is 64.4 Å². The van der Waals surface area contributed by atoms with Gasteiger partial charge >= 0.3 is 5.97 Å². The molecule has 1 aliphatic rings.